The van der Waals surface area contributed by atoms with Crippen molar-refractivity contribution in [1.82, 2.24) is 14.6 Å². The summed E-state index contributed by atoms with van der Waals surface area (Å²) in [6, 6.07) is 3.89. The van der Waals surface area contributed by atoms with Gasteiger partial charge in [-0.1, -0.05) is 6.07 Å². The normalized spacial score (nSPS) is 10.6. The van der Waals surface area contributed by atoms with Gasteiger partial charge in [-0.3, -0.25) is 4.79 Å². The van der Waals surface area contributed by atoms with E-state index in [2.05, 4.69) is 14.8 Å². The molecule has 0 saturated carbocycles. The largest absolute Gasteiger partial charge is 0.469 e. The van der Waals surface area contributed by atoms with E-state index in [9.17, 15) is 4.79 Å². The van der Waals surface area contributed by atoms with E-state index in [0.717, 1.165) is 11.2 Å². The van der Waals surface area contributed by atoms with E-state index in [1.807, 2.05) is 25.3 Å². The van der Waals surface area contributed by atoms with E-state index in [4.69, 9.17) is 0 Å². The first-order valence-electron chi connectivity index (χ1n) is 5.08. The minimum atomic E-state index is -0.241. The molecule has 16 heavy (non-hydrogen) atoms. The number of carbonyl (C=O) groups excluding carboxylic acids is 1. The molecule has 0 aliphatic heterocycles. The molecule has 0 spiro atoms. The second-order valence-corrected chi connectivity index (χ2v) is 3.61. The van der Waals surface area contributed by atoms with Crippen LogP contribution in [0.1, 0.15) is 17.8 Å². The van der Waals surface area contributed by atoms with Gasteiger partial charge in [0, 0.05) is 12.6 Å². The Hall–Kier alpha value is -1.91. The molecule has 2 aromatic heterocycles. The van der Waals surface area contributed by atoms with Gasteiger partial charge in [-0.05, 0) is 18.6 Å². The highest BCUT2D eigenvalue weighted by atomic mass is 16.5. The van der Waals surface area contributed by atoms with Gasteiger partial charge < -0.3 is 4.74 Å². The fourth-order valence-electron chi connectivity index (χ4n) is 1.45. The number of fused-ring (bicyclic) bond motifs is 1. The molecule has 0 radical (unpaired) electrons. The van der Waals surface area contributed by atoms with Gasteiger partial charge in [0.1, 0.15) is 0 Å². The second-order valence-electron chi connectivity index (χ2n) is 3.61. The smallest absolute Gasteiger partial charge is 0.305 e. The van der Waals surface area contributed by atoms with Gasteiger partial charge >= 0.3 is 5.97 Å². The van der Waals surface area contributed by atoms with Crippen LogP contribution in [-0.2, 0) is 16.0 Å². The van der Waals surface area contributed by atoms with Crippen molar-refractivity contribution in [3.63, 3.8) is 0 Å². The van der Waals surface area contributed by atoms with Gasteiger partial charge in [0.15, 0.2) is 11.5 Å². The molecule has 0 fully saturated rings. The van der Waals surface area contributed by atoms with E-state index >= 15 is 0 Å². The summed E-state index contributed by atoms with van der Waals surface area (Å²) in [6.07, 6.45) is 2.73. The highest BCUT2D eigenvalue weighted by Crippen LogP contribution is 2.05. The highest BCUT2D eigenvalue weighted by molar-refractivity contribution is 5.69. The number of methoxy groups -OCH3 is 1. The van der Waals surface area contributed by atoms with Crippen LogP contribution in [-0.4, -0.2) is 27.7 Å². The van der Waals surface area contributed by atoms with E-state index in [-0.39, 0.29) is 5.97 Å². The van der Waals surface area contributed by atoms with Gasteiger partial charge in [0.25, 0.3) is 0 Å². The third kappa shape index (κ3) is 2.18. The lowest BCUT2D eigenvalue weighted by Crippen LogP contribution is -2.02. The SMILES string of the molecule is COC(=O)CCc1nc2ccc(C)cn2n1. The van der Waals surface area contributed by atoms with Gasteiger partial charge in [0.2, 0.25) is 0 Å². The van der Waals surface area contributed by atoms with Gasteiger partial charge in [-0.15, -0.1) is 0 Å². The molecule has 2 aromatic rings. The number of nitrogens with zero attached hydrogens (tertiary/aromatic N) is 3. The fraction of sp³-hybridized carbons (Fsp3) is 0.364. The molecule has 0 bridgehead atoms. The van der Waals surface area contributed by atoms with Crippen LogP contribution >= 0.6 is 0 Å². The number of hydrogen-bond donors (Lipinski definition) is 0. The summed E-state index contributed by atoms with van der Waals surface area (Å²) in [4.78, 5) is 15.3. The average Bonchev–Trinajstić information content (AvgIpc) is 2.67. The number of pyridine rings is 1. The maximum atomic E-state index is 11.0. The van der Waals surface area contributed by atoms with Crippen molar-refractivity contribution < 1.29 is 9.53 Å². The molecule has 0 aliphatic carbocycles. The van der Waals surface area contributed by atoms with Crippen molar-refractivity contribution in [2.24, 2.45) is 0 Å². The number of ether oxygens (including phenoxy) is 1. The summed E-state index contributed by atoms with van der Waals surface area (Å²) in [5.74, 6) is 0.422. The van der Waals surface area contributed by atoms with Crippen LogP contribution in [0.5, 0.6) is 0 Å². The van der Waals surface area contributed by atoms with Crippen LogP contribution in [0.2, 0.25) is 0 Å². The number of hydrogen-bond acceptors (Lipinski definition) is 4. The number of aryl methyl sites for hydroxylation is 2. The number of rotatable bonds is 3. The van der Waals surface area contributed by atoms with Crippen LogP contribution in [0.4, 0.5) is 0 Å². The highest BCUT2D eigenvalue weighted by Gasteiger charge is 2.06. The Kier molecular flexibility index (Phi) is 2.85. The summed E-state index contributed by atoms with van der Waals surface area (Å²) in [5, 5.41) is 4.28. The molecule has 5 heteroatoms. The summed E-state index contributed by atoms with van der Waals surface area (Å²) in [6.45, 7) is 2.00. The topological polar surface area (TPSA) is 56.5 Å². The van der Waals surface area contributed by atoms with Crippen LogP contribution in [0.15, 0.2) is 18.3 Å². The molecule has 0 aliphatic rings. The van der Waals surface area contributed by atoms with E-state index in [0.29, 0.717) is 18.7 Å². The third-order valence-corrected chi connectivity index (χ3v) is 2.30. The number of esters is 1. The minimum Gasteiger partial charge on any atom is -0.469 e. The quantitative estimate of drug-likeness (QED) is 0.726. The number of aromatic nitrogens is 3. The van der Waals surface area contributed by atoms with Crippen molar-refractivity contribution in [1.29, 1.82) is 0 Å². The fourth-order valence-corrected chi connectivity index (χ4v) is 1.45. The van der Waals surface area contributed by atoms with Gasteiger partial charge in [-0.2, -0.15) is 5.10 Å². The minimum absolute atomic E-state index is 0.241. The first-order valence-corrected chi connectivity index (χ1v) is 5.08. The lowest BCUT2D eigenvalue weighted by atomic mass is 10.3. The second kappa shape index (κ2) is 4.30. The van der Waals surface area contributed by atoms with Crippen molar-refractivity contribution in [2.75, 3.05) is 7.11 Å². The molecule has 0 amide bonds. The molecule has 0 atom stereocenters. The van der Waals surface area contributed by atoms with Crippen LogP contribution in [0.25, 0.3) is 5.65 Å². The predicted octanol–water partition coefficient (Wildman–Crippen LogP) is 1.14. The third-order valence-electron chi connectivity index (χ3n) is 2.30. The zero-order valence-electron chi connectivity index (χ0n) is 9.30. The zero-order chi connectivity index (χ0) is 11.5. The molecule has 5 nitrogen and oxygen atoms in total. The van der Waals surface area contributed by atoms with Gasteiger partial charge in [-0.25, -0.2) is 9.50 Å². The molecule has 0 saturated heterocycles. The van der Waals surface area contributed by atoms with Crippen molar-refractivity contribution in [3.8, 4) is 0 Å². The molecule has 0 N–H and O–H groups in total. The Balaban J connectivity index is 2.16. The Bertz CT molecular complexity index is 519. The lowest BCUT2D eigenvalue weighted by Gasteiger charge is -1.94. The Labute approximate surface area is 93.1 Å². The molecule has 2 heterocycles. The first kappa shape index (κ1) is 10.6. The summed E-state index contributed by atoms with van der Waals surface area (Å²) in [7, 11) is 1.38. The Morgan fingerprint density at radius 2 is 2.31 bits per heavy atom. The van der Waals surface area contributed by atoms with Crippen molar-refractivity contribution in [3.05, 3.63) is 29.7 Å². The maximum absolute atomic E-state index is 11.0. The van der Waals surface area contributed by atoms with Crippen LogP contribution in [0, 0.1) is 6.92 Å². The molecule has 0 unspecified atom stereocenters. The number of carbonyl (C=O) groups is 1. The molecule has 0 aromatic carbocycles. The summed E-state index contributed by atoms with van der Waals surface area (Å²) < 4.78 is 6.29. The zero-order valence-corrected chi connectivity index (χ0v) is 9.30. The monoisotopic (exact) mass is 219 g/mol. The van der Waals surface area contributed by atoms with Crippen molar-refractivity contribution >= 4 is 11.6 Å². The Morgan fingerprint density at radius 3 is 3.06 bits per heavy atom. The summed E-state index contributed by atoms with van der Waals surface area (Å²) in [5.41, 5.74) is 1.92. The lowest BCUT2D eigenvalue weighted by molar-refractivity contribution is -0.140. The molecule has 2 rings (SSSR count). The van der Waals surface area contributed by atoms with E-state index in [1.165, 1.54) is 7.11 Å². The first-order chi connectivity index (χ1) is 7.69. The van der Waals surface area contributed by atoms with Crippen LogP contribution < -0.4 is 0 Å². The molecule has 84 valence electrons. The standard InChI is InChI=1S/C11H13N3O2/c1-8-3-5-10-12-9(13-14(10)7-8)4-6-11(15)16-2/h3,5,7H,4,6H2,1-2H3. The Morgan fingerprint density at radius 1 is 1.50 bits per heavy atom. The summed E-state index contributed by atoms with van der Waals surface area (Å²) >= 11 is 0. The van der Waals surface area contributed by atoms with Crippen molar-refractivity contribution in [2.45, 2.75) is 19.8 Å². The van der Waals surface area contributed by atoms with Gasteiger partial charge in [0.05, 0.1) is 13.5 Å². The van der Waals surface area contributed by atoms with E-state index in [1.54, 1.807) is 4.52 Å². The molecular weight excluding hydrogens is 206 g/mol. The average molecular weight is 219 g/mol. The molecular formula is C11H13N3O2. The van der Waals surface area contributed by atoms with E-state index < -0.39 is 0 Å². The van der Waals surface area contributed by atoms with Crippen LogP contribution in [0.3, 0.4) is 0 Å². The predicted molar refractivity (Wildman–Crippen MR) is 58.1 cm³/mol. The maximum Gasteiger partial charge on any atom is 0.305 e.